The molecule has 4 aromatic rings. The summed E-state index contributed by atoms with van der Waals surface area (Å²) in [7, 11) is 0. The minimum Gasteiger partial charge on any atom is -0.340 e. The maximum absolute atomic E-state index is 13.0. The monoisotopic (exact) mass is 525 g/mol. The Kier molecular flexibility index (Phi) is 8.89. The minimum atomic E-state index is 0.216. The number of hydrogen-bond acceptors (Lipinski definition) is 5. The predicted octanol–water partition coefficient (Wildman–Crippen LogP) is 5.77. The Bertz CT molecular complexity index is 1250. The number of nitrogens with zero attached hydrogens (tertiary/aromatic N) is 5. The van der Waals surface area contributed by atoms with Gasteiger partial charge in [-0.1, -0.05) is 90.6 Å². The fraction of sp³-hybridized carbons (Fsp3) is 0.323. The average molecular weight is 526 g/mol. The van der Waals surface area contributed by atoms with E-state index in [4.69, 9.17) is 0 Å². The van der Waals surface area contributed by atoms with Gasteiger partial charge in [-0.05, 0) is 43.0 Å². The third kappa shape index (κ3) is 6.34. The maximum atomic E-state index is 13.0. The van der Waals surface area contributed by atoms with Gasteiger partial charge in [0.2, 0.25) is 5.91 Å². The molecule has 38 heavy (non-hydrogen) atoms. The van der Waals surface area contributed by atoms with Crippen molar-refractivity contribution in [1.29, 1.82) is 0 Å². The molecule has 1 aromatic heterocycles. The first-order valence-electron chi connectivity index (χ1n) is 13.4. The van der Waals surface area contributed by atoms with Crippen molar-refractivity contribution in [2.24, 2.45) is 0 Å². The highest BCUT2D eigenvalue weighted by molar-refractivity contribution is 7.99. The summed E-state index contributed by atoms with van der Waals surface area (Å²) in [6.07, 6.45) is 2.47. The van der Waals surface area contributed by atoms with Crippen molar-refractivity contribution in [2.45, 2.75) is 37.4 Å². The summed E-state index contributed by atoms with van der Waals surface area (Å²) in [5.41, 5.74) is 3.68. The van der Waals surface area contributed by atoms with Gasteiger partial charge in [0.15, 0.2) is 5.16 Å². The van der Waals surface area contributed by atoms with Gasteiger partial charge in [-0.2, -0.15) is 0 Å². The van der Waals surface area contributed by atoms with Crippen LogP contribution < -0.4 is 0 Å². The highest BCUT2D eigenvalue weighted by atomic mass is 32.2. The summed E-state index contributed by atoms with van der Waals surface area (Å²) in [6.45, 7) is 5.30. The third-order valence-electron chi connectivity index (χ3n) is 7.09. The molecule has 5 rings (SSSR count). The first-order valence-corrected chi connectivity index (χ1v) is 14.4. The highest BCUT2D eigenvalue weighted by Gasteiger charge is 2.27. The number of para-hydroxylation sites is 1. The van der Waals surface area contributed by atoms with Gasteiger partial charge in [-0.3, -0.25) is 14.3 Å². The molecular weight excluding hydrogens is 490 g/mol. The van der Waals surface area contributed by atoms with Gasteiger partial charge in [-0.15, -0.1) is 10.2 Å². The molecular formula is C31H35N5OS. The molecule has 0 N–H and O–H groups in total. The molecule has 1 amide bonds. The second-order valence-corrected chi connectivity index (χ2v) is 10.7. The fourth-order valence-corrected chi connectivity index (χ4v) is 6.12. The number of piperazine rings is 1. The van der Waals surface area contributed by atoms with Crippen molar-refractivity contribution in [2.75, 3.05) is 31.9 Å². The number of aromatic nitrogens is 3. The quantitative estimate of drug-likeness (QED) is 0.194. The molecule has 1 saturated heterocycles. The molecule has 0 radical (unpaired) electrons. The van der Waals surface area contributed by atoms with E-state index in [0.29, 0.717) is 6.42 Å². The van der Waals surface area contributed by atoms with E-state index < -0.39 is 0 Å². The largest absolute Gasteiger partial charge is 0.340 e. The van der Waals surface area contributed by atoms with Crippen molar-refractivity contribution >= 4 is 17.7 Å². The average Bonchev–Trinajstić information content (AvgIpc) is 3.35. The molecule has 0 unspecified atom stereocenters. The Morgan fingerprint density at radius 3 is 1.97 bits per heavy atom. The SMILES string of the molecule is Cc1nnc(SCCCCC(=O)N2CCN(C(c3ccccc3)c3ccccc3)CC2)n1-c1ccccc1. The molecule has 0 saturated carbocycles. The third-order valence-corrected chi connectivity index (χ3v) is 8.10. The topological polar surface area (TPSA) is 54.3 Å². The first-order chi connectivity index (χ1) is 18.7. The van der Waals surface area contributed by atoms with Gasteiger partial charge in [0.1, 0.15) is 5.82 Å². The Morgan fingerprint density at radius 1 is 0.789 bits per heavy atom. The van der Waals surface area contributed by atoms with E-state index in [1.165, 1.54) is 11.1 Å². The van der Waals surface area contributed by atoms with Crippen molar-refractivity contribution in [3.05, 3.63) is 108 Å². The molecule has 1 fully saturated rings. The van der Waals surface area contributed by atoms with Crippen LogP contribution in [-0.4, -0.2) is 62.4 Å². The van der Waals surface area contributed by atoms with Crippen LogP contribution in [0.2, 0.25) is 0 Å². The number of hydrogen-bond donors (Lipinski definition) is 0. The summed E-state index contributed by atoms with van der Waals surface area (Å²) in [4.78, 5) is 17.5. The Hall–Kier alpha value is -3.42. The van der Waals surface area contributed by atoms with Crippen LogP contribution in [0.5, 0.6) is 0 Å². The van der Waals surface area contributed by atoms with E-state index in [9.17, 15) is 4.79 Å². The van der Waals surface area contributed by atoms with Gasteiger partial charge >= 0.3 is 0 Å². The molecule has 0 spiro atoms. The lowest BCUT2D eigenvalue weighted by molar-refractivity contribution is -0.133. The lowest BCUT2D eigenvalue weighted by Crippen LogP contribution is -2.49. The highest BCUT2D eigenvalue weighted by Crippen LogP contribution is 2.29. The van der Waals surface area contributed by atoms with Crippen LogP contribution in [0.25, 0.3) is 5.69 Å². The van der Waals surface area contributed by atoms with Crippen LogP contribution in [0.15, 0.2) is 96.2 Å². The summed E-state index contributed by atoms with van der Waals surface area (Å²) in [5.74, 6) is 2.07. The normalized spacial score (nSPS) is 14.2. The summed E-state index contributed by atoms with van der Waals surface area (Å²) >= 11 is 1.71. The molecule has 7 heteroatoms. The summed E-state index contributed by atoms with van der Waals surface area (Å²) in [5, 5.41) is 9.53. The fourth-order valence-electron chi connectivity index (χ4n) is 5.12. The number of unbranched alkanes of at least 4 members (excludes halogenated alkanes) is 1. The molecule has 1 aliphatic rings. The van der Waals surface area contributed by atoms with E-state index in [1.54, 1.807) is 11.8 Å². The Labute approximate surface area is 229 Å². The first kappa shape index (κ1) is 26.2. The number of rotatable bonds is 10. The zero-order valence-electron chi connectivity index (χ0n) is 21.9. The molecule has 196 valence electrons. The molecule has 3 aromatic carbocycles. The minimum absolute atomic E-state index is 0.216. The van der Waals surface area contributed by atoms with Crippen LogP contribution >= 0.6 is 11.8 Å². The van der Waals surface area contributed by atoms with Gasteiger partial charge in [-0.25, -0.2) is 0 Å². The zero-order valence-corrected chi connectivity index (χ0v) is 22.8. The smallest absolute Gasteiger partial charge is 0.222 e. The number of carbonyl (C=O) groups excluding carboxylic acids is 1. The van der Waals surface area contributed by atoms with Gasteiger partial charge in [0.25, 0.3) is 0 Å². The maximum Gasteiger partial charge on any atom is 0.222 e. The van der Waals surface area contributed by atoms with E-state index >= 15 is 0 Å². The van der Waals surface area contributed by atoms with E-state index in [1.807, 2.05) is 30.0 Å². The van der Waals surface area contributed by atoms with Gasteiger partial charge in [0, 0.05) is 44.0 Å². The van der Waals surface area contributed by atoms with E-state index in [2.05, 4.69) is 92.5 Å². The lowest BCUT2D eigenvalue weighted by Gasteiger charge is -2.40. The number of benzene rings is 3. The van der Waals surface area contributed by atoms with Crippen molar-refractivity contribution in [1.82, 2.24) is 24.6 Å². The molecule has 1 aliphatic heterocycles. The van der Waals surface area contributed by atoms with Crippen LogP contribution in [-0.2, 0) is 4.79 Å². The summed E-state index contributed by atoms with van der Waals surface area (Å²) in [6, 6.07) is 31.8. The van der Waals surface area contributed by atoms with Crippen LogP contribution in [0.3, 0.4) is 0 Å². The van der Waals surface area contributed by atoms with Gasteiger partial charge in [0.05, 0.1) is 6.04 Å². The van der Waals surface area contributed by atoms with Crippen molar-refractivity contribution < 1.29 is 4.79 Å². The molecule has 0 aliphatic carbocycles. The molecule has 6 nitrogen and oxygen atoms in total. The number of aryl methyl sites for hydroxylation is 1. The Balaban J connectivity index is 1.09. The number of amides is 1. The lowest BCUT2D eigenvalue weighted by atomic mass is 9.96. The second-order valence-electron chi connectivity index (χ2n) is 9.65. The molecule has 0 bridgehead atoms. The standard InChI is InChI=1S/C31H35N5OS/c1-25-32-33-31(36(25)28-17-9-4-10-18-28)38-24-12-11-19-29(37)34-20-22-35(23-21-34)30(26-13-5-2-6-14-26)27-15-7-3-8-16-27/h2-10,13-18,30H,11-12,19-24H2,1H3. The summed E-state index contributed by atoms with van der Waals surface area (Å²) < 4.78 is 2.09. The Morgan fingerprint density at radius 2 is 1.37 bits per heavy atom. The number of thioether (sulfide) groups is 1. The number of carbonyl (C=O) groups is 1. The predicted molar refractivity (Wildman–Crippen MR) is 154 cm³/mol. The van der Waals surface area contributed by atoms with Crippen LogP contribution in [0.4, 0.5) is 0 Å². The zero-order chi connectivity index (χ0) is 26.2. The molecule has 0 atom stereocenters. The van der Waals surface area contributed by atoms with Crippen molar-refractivity contribution in [3.8, 4) is 5.69 Å². The van der Waals surface area contributed by atoms with Crippen LogP contribution in [0, 0.1) is 6.92 Å². The van der Waals surface area contributed by atoms with E-state index in [-0.39, 0.29) is 11.9 Å². The second kappa shape index (κ2) is 12.9. The molecule has 2 heterocycles. The van der Waals surface area contributed by atoms with Crippen molar-refractivity contribution in [3.63, 3.8) is 0 Å². The van der Waals surface area contributed by atoms with E-state index in [0.717, 1.165) is 61.4 Å². The van der Waals surface area contributed by atoms with Gasteiger partial charge < -0.3 is 4.90 Å². The van der Waals surface area contributed by atoms with Crippen LogP contribution in [0.1, 0.15) is 42.3 Å².